The topological polar surface area (TPSA) is 57.7 Å². The summed E-state index contributed by atoms with van der Waals surface area (Å²) >= 11 is 0. The van der Waals surface area contributed by atoms with Crippen LogP contribution in [0.5, 0.6) is 0 Å². The van der Waals surface area contributed by atoms with Crippen molar-refractivity contribution in [2.75, 3.05) is 31.6 Å². The zero-order valence-corrected chi connectivity index (χ0v) is 13.6. The largest absolute Gasteiger partial charge is 0.334 e. The molecule has 2 heterocycles. The van der Waals surface area contributed by atoms with Gasteiger partial charge in [0.15, 0.2) is 9.84 Å². The quantitative estimate of drug-likeness (QED) is 0.832. The molecule has 1 aromatic rings. The molecule has 2 saturated heterocycles. The maximum Gasteiger partial charge on any atom is 0.237 e. The number of benzene rings is 1. The molecule has 22 heavy (non-hydrogen) atoms. The van der Waals surface area contributed by atoms with Crippen molar-refractivity contribution in [2.24, 2.45) is 0 Å². The molecule has 0 aromatic heterocycles. The van der Waals surface area contributed by atoms with Gasteiger partial charge in [-0.15, -0.1) is 0 Å². The highest BCUT2D eigenvalue weighted by Gasteiger charge is 2.36. The van der Waals surface area contributed by atoms with E-state index in [9.17, 15) is 13.2 Å². The average molecular weight is 322 g/mol. The van der Waals surface area contributed by atoms with Gasteiger partial charge in [0.25, 0.3) is 0 Å². The number of amides is 1. The summed E-state index contributed by atoms with van der Waals surface area (Å²) in [7, 11) is -1.06. The molecule has 120 valence electrons. The van der Waals surface area contributed by atoms with Gasteiger partial charge in [-0.05, 0) is 25.5 Å². The van der Waals surface area contributed by atoms with E-state index in [0.29, 0.717) is 13.0 Å². The van der Waals surface area contributed by atoms with Gasteiger partial charge < -0.3 is 4.90 Å². The van der Waals surface area contributed by atoms with Crippen molar-refractivity contribution in [3.63, 3.8) is 0 Å². The first-order valence-corrected chi connectivity index (χ1v) is 9.53. The molecule has 2 aliphatic heterocycles. The molecule has 2 aliphatic rings. The number of hydrogen-bond acceptors (Lipinski definition) is 4. The monoisotopic (exact) mass is 322 g/mol. The first kappa shape index (κ1) is 15.5. The van der Waals surface area contributed by atoms with Crippen LogP contribution in [0.1, 0.15) is 24.4 Å². The van der Waals surface area contributed by atoms with Crippen LogP contribution in [0.15, 0.2) is 30.3 Å². The maximum absolute atomic E-state index is 12.5. The van der Waals surface area contributed by atoms with Crippen LogP contribution in [0.2, 0.25) is 0 Å². The Balaban J connectivity index is 1.58. The number of sulfone groups is 1. The summed E-state index contributed by atoms with van der Waals surface area (Å²) in [4.78, 5) is 16.3. The Morgan fingerprint density at radius 3 is 2.55 bits per heavy atom. The third-order valence-corrected chi connectivity index (χ3v) is 6.49. The Bertz CT molecular complexity index is 645. The lowest BCUT2D eigenvalue weighted by Crippen LogP contribution is -2.50. The van der Waals surface area contributed by atoms with Crippen LogP contribution in [0.4, 0.5) is 0 Å². The summed E-state index contributed by atoms with van der Waals surface area (Å²) in [6.07, 6.45) is 1.63. The summed E-state index contributed by atoms with van der Waals surface area (Å²) in [5.41, 5.74) is 1.17. The van der Waals surface area contributed by atoms with Gasteiger partial charge in [0.1, 0.15) is 0 Å². The summed E-state index contributed by atoms with van der Waals surface area (Å²) in [6.45, 7) is 1.08. The molecule has 0 bridgehead atoms. The number of likely N-dealkylation sites (N-methyl/N-ethyl adjacent to an activating group) is 1. The summed E-state index contributed by atoms with van der Waals surface area (Å²) in [5.74, 6) is 0.512. The normalized spacial score (nSPS) is 26.9. The van der Waals surface area contributed by atoms with Gasteiger partial charge in [-0.3, -0.25) is 9.69 Å². The fraction of sp³-hybridized carbons (Fsp3) is 0.562. The Hall–Kier alpha value is -1.40. The van der Waals surface area contributed by atoms with E-state index in [1.54, 1.807) is 0 Å². The first-order chi connectivity index (χ1) is 10.5. The van der Waals surface area contributed by atoms with Gasteiger partial charge in [-0.2, -0.15) is 0 Å². The Morgan fingerprint density at radius 1 is 1.27 bits per heavy atom. The van der Waals surface area contributed by atoms with E-state index in [2.05, 4.69) is 12.1 Å². The molecule has 1 aromatic carbocycles. The molecular weight excluding hydrogens is 300 g/mol. The first-order valence-electron chi connectivity index (χ1n) is 7.71. The minimum atomic E-state index is -2.91. The smallest absolute Gasteiger partial charge is 0.237 e. The molecule has 0 radical (unpaired) electrons. The van der Waals surface area contributed by atoms with Gasteiger partial charge >= 0.3 is 0 Å². The van der Waals surface area contributed by atoms with E-state index >= 15 is 0 Å². The SMILES string of the molecule is CN(CC(=O)N1CC[C@@H]1c1ccccc1)[C@H]1CCS(=O)(=O)C1. The van der Waals surface area contributed by atoms with Crippen LogP contribution < -0.4 is 0 Å². The van der Waals surface area contributed by atoms with Crippen molar-refractivity contribution in [1.29, 1.82) is 0 Å². The van der Waals surface area contributed by atoms with Crippen LogP contribution in [0.3, 0.4) is 0 Å². The van der Waals surface area contributed by atoms with Crippen LogP contribution in [-0.2, 0) is 14.6 Å². The molecule has 6 heteroatoms. The van der Waals surface area contributed by atoms with E-state index < -0.39 is 9.84 Å². The van der Waals surface area contributed by atoms with Crippen molar-refractivity contribution in [3.8, 4) is 0 Å². The highest BCUT2D eigenvalue weighted by atomic mass is 32.2. The third kappa shape index (κ3) is 3.17. The molecule has 1 amide bonds. The second-order valence-electron chi connectivity index (χ2n) is 6.27. The number of rotatable bonds is 4. The van der Waals surface area contributed by atoms with Crippen LogP contribution in [0.25, 0.3) is 0 Å². The van der Waals surface area contributed by atoms with Crippen LogP contribution in [-0.4, -0.2) is 61.8 Å². The summed E-state index contributed by atoms with van der Waals surface area (Å²) < 4.78 is 23.1. The van der Waals surface area contributed by atoms with Gasteiger partial charge in [-0.1, -0.05) is 30.3 Å². The molecule has 2 atom stereocenters. The second kappa shape index (κ2) is 6.01. The Kier molecular flexibility index (Phi) is 4.23. The van der Waals surface area contributed by atoms with Crippen LogP contribution >= 0.6 is 0 Å². The summed E-state index contributed by atoms with van der Waals surface area (Å²) in [5, 5.41) is 0. The molecule has 0 saturated carbocycles. The van der Waals surface area contributed by atoms with Gasteiger partial charge in [0.2, 0.25) is 5.91 Å². The van der Waals surface area contributed by atoms with Crippen molar-refractivity contribution in [2.45, 2.75) is 24.9 Å². The lowest BCUT2D eigenvalue weighted by Gasteiger charge is -2.42. The highest BCUT2D eigenvalue weighted by molar-refractivity contribution is 7.91. The molecule has 2 fully saturated rings. The van der Waals surface area contributed by atoms with Crippen molar-refractivity contribution >= 4 is 15.7 Å². The lowest BCUT2D eigenvalue weighted by molar-refractivity contribution is -0.140. The van der Waals surface area contributed by atoms with Crippen molar-refractivity contribution < 1.29 is 13.2 Å². The third-order valence-electron chi connectivity index (χ3n) is 4.74. The standard InChI is InChI=1S/C16H22N2O3S/c1-17(14-8-10-22(20,21)12-14)11-16(19)18-9-7-15(18)13-5-3-2-4-6-13/h2-6,14-15H,7-12H2,1H3/t14-,15+/m0/s1. The van der Waals surface area contributed by atoms with Gasteiger partial charge in [0, 0.05) is 12.6 Å². The Morgan fingerprint density at radius 2 is 2.00 bits per heavy atom. The highest BCUT2D eigenvalue weighted by Crippen LogP contribution is 2.33. The predicted octanol–water partition coefficient (Wildman–Crippen LogP) is 1.08. The predicted molar refractivity (Wildman–Crippen MR) is 85.2 cm³/mol. The zero-order valence-electron chi connectivity index (χ0n) is 12.8. The number of nitrogens with zero attached hydrogens (tertiary/aromatic N) is 2. The second-order valence-corrected chi connectivity index (χ2v) is 8.50. The molecule has 0 aliphatic carbocycles. The fourth-order valence-electron chi connectivity index (χ4n) is 3.26. The van der Waals surface area contributed by atoms with Gasteiger partial charge in [-0.25, -0.2) is 8.42 Å². The number of hydrogen-bond donors (Lipinski definition) is 0. The lowest BCUT2D eigenvalue weighted by atomic mass is 9.94. The maximum atomic E-state index is 12.5. The molecule has 5 nitrogen and oxygen atoms in total. The number of carbonyl (C=O) groups is 1. The fourth-order valence-corrected chi connectivity index (χ4v) is 5.07. The molecule has 0 unspecified atom stereocenters. The van der Waals surface area contributed by atoms with Crippen molar-refractivity contribution in [1.82, 2.24) is 9.80 Å². The van der Waals surface area contributed by atoms with E-state index in [1.165, 1.54) is 5.56 Å². The summed E-state index contributed by atoms with van der Waals surface area (Å²) in [6, 6.07) is 10.2. The van der Waals surface area contributed by atoms with E-state index in [-0.39, 0.29) is 29.5 Å². The molecule has 0 spiro atoms. The molecular formula is C16H22N2O3S. The number of carbonyl (C=O) groups excluding carboxylic acids is 1. The van der Waals surface area contributed by atoms with Crippen molar-refractivity contribution in [3.05, 3.63) is 35.9 Å². The Labute approximate surface area is 131 Å². The zero-order chi connectivity index (χ0) is 15.7. The molecule has 3 rings (SSSR count). The van der Waals surface area contributed by atoms with Gasteiger partial charge in [0.05, 0.1) is 24.1 Å². The average Bonchev–Trinajstić information content (AvgIpc) is 2.79. The number of likely N-dealkylation sites (tertiary alicyclic amines) is 1. The minimum Gasteiger partial charge on any atom is -0.334 e. The van der Waals surface area contributed by atoms with E-state index in [4.69, 9.17) is 0 Å². The van der Waals surface area contributed by atoms with E-state index in [0.717, 1.165) is 13.0 Å². The minimum absolute atomic E-state index is 0.0228. The molecule has 0 N–H and O–H groups in total. The van der Waals surface area contributed by atoms with Crippen LogP contribution in [0, 0.1) is 0 Å². The van der Waals surface area contributed by atoms with E-state index in [1.807, 2.05) is 35.0 Å².